The highest BCUT2D eigenvalue weighted by atomic mass is 16.5. The Hall–Kier alpha value is -3.55. The third-order valence-electron chi connectivity index (χ3n) is 5.15. The van der Waals surface area contributed by atoms with Crippen molar-refractivity contribution in [1.29, 1.82) is 0 Å². The summed E-state index contributed by atoms with van der Waals surface area (Å²) < 4.78 is 13.3. The third-order valence-corrected chi connectivity index (χ3v) is 5.15. The van der Waals surface area contributed by atoms with Crippen molar-refractivity contribution in [3.63, 3.8) is 0 Å². The normalized spacial score (nSPS) is 12.3. The Balaban J connectivity index is 1.64. The fourth-order valence-electron chi connectivity index (χ4n) is 3.03. The van der Waals surface area contributed by atoms with Crippen LogP contribution >= 0.6 is 0 Å². The van der Waals surface area contributed by atoms with Crippen molar-refractivity contribution in [3.8, 4) is 11.5 Å². The minimum absolute atomic E-state index is 0.0406. The van der Waals surface area contributed by atoms with Crippen LogP contribution in [0.4, 0.5) is 0 Å². The Morgan fingerprint density at radius 2 is 1.81 bits per heavy atom. The van der Waals surface area contributed by atoms with E-state index in [1.54, 1.807) is 7.11 Å². The molecule has 0 aliphatic heterocycles. The zero-order valence-electron chi connectivity index (χ0n) is 19.4. The number of methoxy groups -OCH3 is 1. The van der Waals surface area contributed by atoms with Gasteiger partial charge in [-0.15, -0.1) is 10.2 Å². The molecule has 0 amide bonds. The van der Waals surface area contributed by atoms with Crippen LogP contribution in [0.3, 0.4) is 0 Å². The Morgan fingerprint density at radius 1 is 1.06 bits per heavy atom. The molecule has 0 fully saturated rings. The second-order valence-electron chi connectivity index (χ2n) is 7.66. The molecule has 3 aromatic rings. The molecule has 0 aliphatic rings. The molecule has 32 heavy (non-hydrogen) atoms. The Labute approximate surface area is 189 Å². The van der Waals surface area contributed by atoms with Gasteiger partial charge >= 0.3 is 0 Å². The van der Waals surface area contributed by atoms with Crippen molar-refractivity contribution in [2.45, 2.75) is 40.0 Å². The van der Waals surface area contributed by atoms with Gasteiger partial charge in [0.25, 0.3) is 0 Å². The summed E-state index contributed by atoms with van der Waals surface area (Å²) in [6.45, 7) is 7.65. The monoisotopic (exact) mass is 436 g/mol. The van der Waals surface area contributed by atoms with Gasteiger partial charge in [-0.3, -0.25) is 0 Å². The molecular weight excluding hydrogens is 404 g/mol. The molecule has 0 saturated carbocycles. The van der Waals surface area contributed by atoms with E-state index in [0.29, 0.717) is 25.6 Å². The van der Waals surface area contributed by atoms with Crippen LogP contribution < -0.4 is 20.1 Å². The first-order chi connectivity index (χ1) is 15.5. The molecule has 8 nitrogen and oxygen atoms in total. The second-order valence-corrected chi connectivity index (χ2v) is 7.66. The quantitative estimate of drug-likeness (QED) is 0.396. The van der Waals surface area contributed by atoms with E-state index in [4.69, 9.17) is 14.5 Å². The third kappa shape index (κ3) is 6.47. The number of aliphatic imine (C=N–C) groups is 1. The van der Waals surface area contributed by atoms with Crippen molar-refractivity contribution < 1.29 is 9.47 Å². The Morgan fingerprint density at radius 3 is 2.47 bits per heavy atom. The second kappa shape index (κ2) is 11.2. The summed E-state index contributed by atoms with van der Waals surface area (Å²) in [4.78, 5) is 4.74. The number of hydrogen-bond acceptors (Lipinski definition) is 5. The van der Waals surface area contributed by atoms with Gasteiger partial charge in [-0.25, -0.2) is 4.99 Å². The number of rotatable bonds is 9. The summed E-state index contributed by atoms with van der Waals surface area (Å²) in [5.41, 5.74) is 2.20. The van der Waals surface area contributed by atoms with E-state index >= 15 is 0 Å². The lowest BCUT2D eigenvalue weighted by molar-refractivity contribution is 0.222. The standard InChI is InChI=1S/C24H32N6O2/c1-17-8-6-7-9-22(17)32-18(2)14-25-24(27-16-23-29-28-19(3)30(23)4)26-15-20-10-12-21(31-5)13-11-20/h6-13,18H,14-16H2,1-5H3,(H2,25,26,27). The average Bonchev–Trinajstić information content (AvgIpc) is 3.12. The van der Waals surface area contributed by atoms with Crippen molar-refractivity contribution in [1.82, 2.24) is 25.4 Å². The molecule has 0 saturated heterocycles. The predicted molar refractivity (Wildman–Crippen MR) is 126 cm³/mol. The van der Waals surface area contributed by atoms with Gasteiger partial charge < -0.3 is 24.7 Å². The van der Waals surface area contributed by atoms with Crippen LogP contribution in [0.15, 0.2) is 53.5 Å². The van der Waals surface area contributed by atoms with Crippen LogP contribution in [0, 0.1) is 13.8 Å². The molecule has 170 valence electrons. The van der Waals surface area contributed by atoms with Gasteiger partial charge in [0.15, 0.2) is 11.8 Å². The van der Waals surface area contributed by atoms with E-state index in [9.17, 15) is 0 Å². The zero-order valence-corrected chi connectivity index (χ0v) is 19.4. The number of nitrogens with one attached hydrogen (secondary N) is 2. The summed E-state index contributed by atoms with van der Waals surface area (Å²) in [5.74, 6) is 4.11. The lowest BCUT2D eigenvalue weighted by atomic mass is 10.2. The molecule has 1 aromatic heterocycles. The van der Waals surface area contributed by atoms with Gasteiger partial charge in [0, 0.05) is 7.05 Å². The molecular formula is C24H32N6O2. The zero-order chi connectivity index (χ0) is 22.9. The summed E-state index contributed by atoms with van der Waals surface area (Å²) in [5, 5.41) is 15.1. The highest BCUT2D eigenvalue weighted by Gasteiger charge is 2.10. The number of aromatic nitrogens is 3. The number of aryl methyl sites for hydroxylation is 2. The fourth-order valence-corrected chi connectivity index (χ4v) is 3.03. The molecule has 0 aliphatic carbocycles. The molecule has 1 atom stereocenters. The van der Waals surface area contributed by atoms with Gasteiger partial charge in [0.1, 0.15) is 23.4 Å². The van der Waals surface area contributed by atoms with E-state index in [1.807, 2.05) is 80.9 Å². The van der Waals surface area contributed by atoms with Gasteiger partial charge in [-0.05, 0) is 50.1 Å². The Kier molecular flexibility index (Phi) is 8.08. The van der Waals surface area contributed by atoms with Crippen LogP contribution in [-0.4, -0.2) is 40.5 Å². The number of benzene rings is 2. The summed E-state index contributed by atoms with van der Waals surface area (Å²) in [7, 11) is 3.61. The first-order valence-corrected chi connectivity index (χ1v) is 10.7. The van der Waals surface area contributed by atoms with Crippen LogP contribution in [0.2, 0.25) is 0 Å². The number of para-hydroxylation sites is 1. The highest BCUT2D eigenvalue weighted by molar-refractivity contribution is 5.79. The molecule has 2 aromatic carbocycles. The van der Waals surface area contributed by atoms with Crippen LogP contribution in [0.1, 0.15) is 29.7 Å². The lowest BCUT2D eigenvalue weighted by Gasteiger charge is -2.19. The molecule has 0 spiro atoms. The SMILES string of the molecule is COc1ccc(CN=C(NCc2nnc(C)n2C)NCC(C)Oc2ccccc2C)cc1. The first kappa shape index (κ1) is 23.1. The molecule has 0 bridgehead atoms. The van der Waals surface area contributed by atoms with Crippen molar-refractivity contribution in [2.75, 3.05) is 13.7 Å². The highest BCUT2D eigenvalue weighted by Crippen LogP contribution is 2.17. The summed E-state index contributed by atoms with van der Waals surface area (Å²) >= 11 is 0. The minimum Gasteiger partial charge on any atom is -0.497 e. The van der Waals surface area contributed by atoms with Gasteiger partial charge in [0.05, 0.1) is 26.7 Å². The molecule has 2 N–H and O–H groups in total. The molecule has 1 unspecified atom stereocenters. The largest absolute Gasteiger partial charge is 0.497 e. The van der Waals surface area contributed by atoms with Crippen LogP contribution in [-0.2, 0) is 20.1 Å². The van der Waals surface area contributed by atoms with E-state index in [1.165, 1.54) is 0 Å². The minimum atomic E-state index is -0.0406. The molecule has 3 rings (SSSR count). The first-order valence-electron chi connectivity index (χ1n) is 10.7. The predicted octanol–water partition coefficient (Wildman–Crippen LogP) is 3.14. The topological polar surface area (TPSA) is 85.6 Å². The molecule has 8 heteroatoms. The molecule has 1 heterocycles. The number of hydrogen-bond donors (Lipinski definition) is 2. The van der Waals surface area contributed by atoms with Gasteiger partial charge in [-0.1, -0.05) is 30.3 Å². The summed E-state index contributed by atoms with van der Waals surface area (Å²) in [6.07, 6.45) is -0.0406. The van der Waals surface area contributed by atoms with Crippen molar-refractivity contribution >= 4 is 5.96 Å². The van der Waals surface area contributed by atoms with Crippen molar-refractivity contribution in [3.05, 3.63) is 71.3 Å². The maximum atomic E-state index is 6.08. The Bertz CT molecular complexity index is 1030. The average molecular weight is 437 g/mol. The van der Waals surface area contributed by atoms with E-state index < -0.39 is 0 Å². The van der Waals surface area contributed by atoms with E-state index in [-0.39, 0.29) is 6.10 Å². The number of ether oxygens (including phenoxy) is 2. The van der Waals surface area contributed by atoms with E-state index in [0.717, 1.165) is 34.3 Å². The van der Waals surface area contributed by atoms with Gasteiger partial charge in [-0.2, -0.15) is 0 Å². The fraction of sp³-hybridized carbons (Fsp3) is 0.375. The molecule has 0 radical (unpaired) electrons. The number of nitrogens with zero attached hydrogens (tertiary/aromatic N) is 4. The van der Waals surface area contributed by atoms with Gasteiger partial charge in [0.2, 0.25) is 0 Å². The number of guanidine groups is 1. The lowest BCUT2D eigenvalue weighted by Crippen LogP contribution is -2.42. The van der Waals surface area contributed by atoms with Crippen LogP contribution in [0.5, 0.6) is 11.5 Å². The van der Waals surface area contributed by atoms with E-state index in [2.05, 4.69) is 20.8 Å². The smallest absolute Gasteiger partial charge is 0.192 e. The maximum absolute atomic E-state index is 6.08. The maximum Gasteiger partial charge on any atom is 0.192 e. The van der Waals surface area contributed by atoms with Crippen molar-refractivity contribution in [2.24, 2.45) is 12.0 Å². The van der Waals surface area contributed by atoms with Crippen LogP contribution in [0.25, 0.3) is 0 Å². The summed E-state index contributed by atoms with van der Waals surface area (Å²) in [6, 6.07) is 15.9.